The van der Waals surface area contributed by atoms with Crippen LogP contribution in [0.4, 0.5) is 0 Å². The van der Waals surface area contributed by atoms with Crippen molar-refractivity contribution in [2.75, 3.05) is 19.7 Å². The van der Waals surface area contributed by atoms with Gasteiger partial charge in [0, 0.05) is 13.1 Å². The fraction of sp³-hybridized carbons (Fsp3) is 0.333. The van der Waals surface area contributed by atoms with Gasteiger partial charge in [0.15, 0.2) is 11.4 Å². The molecule has 0 radical (unpaired) electrons. The molecule has 0 saturated heterocycles. The second-order valence-corrected chi connectivity index (χ2v) is 5.82. The monoisotopic (exact) mass is 329 g/mol. The molecule has 0 fully saturated rings. The summed E-state index contributed by atoms with van der Waals surface area (Å²) in [6.45, 7) is 8.07. The average Bonchev–Trinajstić information content (AvgIpc) is 2.96. The zero-order valence-electron chi connectivity index (χ0n) is 14.0. The summed E-state index contributed by atoms with van der Waals surface area (Å²) in [5.74, 6) is -0.216. The van der Waals surface area contributed by atoms with E-state index < -0.39 is 5.91 Å². The normalized spacial score (nSPS) is 10.8. The summed E-state index contributed by atoms with van der Waals surface area (Å²) >= 11 is 0. The number of nitrogens with zero attached hydrogens (tertiary/aromatic N) is 3. The Hall–Kier alpha value is -2.60. The number of aromatic hydroxyl groups is 1. The number of amides is 1. The first-order valence-corrected chi connectivity index (χ1v) is 7.88. The van der Waals surface area contributed by atoms with Gasteiger partial charge >= 0.3 is 0 Å². The van der Waals surface area contributed by atoms with E-state index >= 15 is 0 Å². The lowest BCUT2D eigenvalue weighted by Crippen LogP contribution is -2.34. The zero-order valence-corrected chi connectivity index (χ0v) is 14.0. The number of aromatic nitrogens is 2. The predicted molar refractivity (Wildman–Crippen MR) is 92.5 cm³/mol. The van der Waals surface area contributed by atoms with Crippen molar-refractivity contribution in [3.63, 3.8) is 0 Å². The van der Waals surface area contributed by atoms with E-state index in [0.717, 1.165) is 5.69 Å². The minimum absolute atomic E-state index is 0.0433. The van der Waals surface area contributed by atoms with Crippen LogP contribution in [0.1, 0.15) is 35.8 Å². The second kappa shape index (κ2) is 7.79. The van der Waals surface area contributed by atoms with Crippen molar-refractivity contribution in [1.82, 2.24) is 14.7 Å². The lowest BCUT2D eigenvalue weighted by atomic mass is 10.0. The number of benzene rings is 1. The molecule has 0 spiro atoms. The standard InChI is InChI=1S/C18H23N3O3/c1-4-9-20(10-11-22)18(24)17-16(23)12-21(19-17)15-7-5-14(6-8-15)13(2)3/h4-8,12-13,22-23H,1,9-11H2,2-3H3. The van der Waals surface area contributed by atoms with Gasteiger partial charge in [0.05, 0.1) is 18.5 Å². The Bertz CT molecular complexity index is 705. The van der Waals surface area contributed by atoms with E-state index in [1.54, 1.807) is 6.08 Å². The average molecular weight is 329 g/mol. The fourth-order valence-electron chi connectivity index (χ4n) is 2.36. The number of aliphatic hydroxyl groups excluding tert-OH is 1. The summed E-state index contributed by atoms with van der Waals surface area (Å²) in [5, 5.41) is 23.3. The molecule has 2 N–H and O–H groups in total. The molecule has 6 nitrogen and oxygen atoms in total. The van der Waals surface area contributed by atoms with Crippen LogP contribution in [0.3, 0.4) is 0 Å². The van der Waals surface area contributed by atoms with Crippen molar-refractivity contribution in [3.05, 3.63) is 54.4 Å². The lowest BCUT2D eigenvalue weighted by molar-refractivity contribution is 0.0733. The molecular formula is C18H23N3O3. The molecule has 2 rings (SSSR count). The number of rotatable bonds is 7. The van der Waals surface area contributed by atoms with Crippen molar-refractivity contribution in [3.8, 4) is 11.4 Å². The largest absolute Gasteiger partial charge is 0.504 e. The summed E-state index contributed by atoms with van der Waals surface area (Å²) in [6.07, 6.45) is 2.97. The van der Waals surface area contributed by atoms with Crippen molar-refractivity contribution < 1.29 is 15.0 Å². The SMILES string of the molecule is C=CCN(CCO)C(=O)c1nn(-c2ccc(C(C)C)cc2)cc1O. The van der Waals surface area contributed by atoms with Gasteiger partial charge in [-0.25, -0.2) is 4.68 Å². The van der Waals surface area contributed by atoms with Gasteiger partial charge in [-0.15, -0.1) is 6.58 Å². The minimum atomic E-state index is -0.445. The van der Waals surface area contributed by atoms with Crippen molar-refractivity contribution in [2.24, 2.45) is 0 Å². The van der Waals surface area contributed by atoms with Gasteiger partial charge in [-0.1, -0.05) is 32.1 Å². The quantitative estimate of drug-likeness (QED) is 0.764. The highest BCUT2D eigenvalue weighted by molar-refractivity contribution is 5.95. The third kappa shape index (κ3) is 3.83. The van der Waals surface area contributed by atoms with Crippen LogP contribution in [-0.2, 0) is 0 Å². The fourth-order valence-corrected chi connectivity index (χ4v) is 2.36. The van der Waals surface area contributed by atoms with Crippen molar-refractivity contribution in [2.45, 2.75) is 19.8 Å². The molecule has 0 aliphatic rings. The zero-order chi connectivity index (χ0) is 17.7. The topological polar surface area (TPSA) is 78.6 Å². The van der Waals surface area contributed by atoms with Crippen LogP contribution in [0.2, 0.25) is 0 Å². The predicted octanol–water partition coefficient (Wildman–Crippen LogP) is 2.32. The van der Waals surface area contributed by atoms with E-state index in [2.05, 4.69) is 25.5 Å². The first kappa shape index (κ1) is 17.7. The molecular weight excluding hydrogens is 306 g/mol. The number of hydrogen-bond donors (Lipinski definition) is 2. The van der Waals surface area contributed by atoms with E-state index in [1.807, 2.05) is 24.3 Å². The molecule has 0 aliphatic heterocycles. The van der Waals surface area contributed by atoms with Crippen LogP contribution in [-0.4, -0.2) is 50.5 Å². The second-order valence-electron chi connectivity index (χ2n) is 5.82. The van der Waals surface area contributed by atoms with Crippen LogP contribution < -0.4 is 0 Å². The number of hydrogen-bond acceptors (Lipinski definition) is 4. The summed E-state index contributed by atoms with van der Waals surface area (Å²) in [4.78, 5) is 13.8. The smallest absolute Gasteiger partial charge is 0.278 e. The molecule has 128 valence electrons. The molecule has 1 heterocycles. The first-order chi connectivity index (χ1) is 11.5. The molecule has 0 bridgehead atoms. The highest BCUT2D eigenvalue weighted by Crippen LogP contribution is 2.21. The maximum absolute atomic E-state index is 12.5. The summed E-state index contributed by atoms with van der Waals surface area (Å²) in [7, 11) is 0. The maximum atomic E-state index is 12.5. The van der Waals surface area contributed by atoms with Gasteiger partial charge in [-0.2, -0.15) is 5.10 Å². The highest BCUT2D eigenvalue weighted by Gasteiger charge is 2.22. The van der Waals surface area contributed by atoms with E-state index in [0.29, 0.717) is 5.92 Å². The molecule has 6 heteroatoms. The molecule has 1 aromatic heterocycles. The van der Waals surface area contributed by atoms with Gasteiger partial charge in [-0.3, -0.25) is 4.79 Å². The van der Waals surface area contributed by atoms with Gasteiger partial charge in [0.2, 0.25) is 0 Å². The Labute approximate surface area is 141 Å². The number of carbonyl (C=O) groups is 1. The van der Waals surface area contributed by atoms with Crippen LogP contribution >= 0.6 is 0 Å². The van der Waals surface area contributed by atoms with Gasteiger partial charge < -0.3 is 15.1 Å². The van der Waals surface area contributed by atoms with E-state index in [4.69, 9.17) is 5.11 Å². The molecule has 0 saturated carbocycles. The summed E-state index contributed by atoms with van der Waals surface area (Å²) < 4.78 is 1.47. The maximum Gasteiger partial charge on any atom is 0.278 e. The van der Waals surface area contributed by atoms with Crippen molar-refractivity contribution >= 4 is 5.91 Å². The molecule has 0 atom stereocenters. The molecule has 0 unspecified atom stereocenters. The third-order valence-corrected chi connectivity index (χ3v) is 3.73. The van der Waals surface area contributed by atoms with E-state index in [1.165, 1.54) is 21.3 Å². The van der Waals surface area contributed by atoms with Crippen LogP contribution in [0, 0.1) is 0 Å². The molecule has 1 amide bonds. The van der Waals surface area contributed by atoms with Gasteiger partial charge in [-0.05, 0) is 23.6 Å². The summed E-state index contributed by atoms with van der Waals surface area (Å²) in [6, 6.07) is 7.78. The third-order valence-electron chi connectivity index (χ3n) is 3.73. The first-order valence-electron chi connectivity index (χ1n) is 7.88. The number of carbonyl (C=O) groups excluding carboxylic acids is 1. The Kier molecular flexibility index (Phi) is 5.76. The molecule has 1 aromatic carbocycles. The Balaban J connectivity index is 2.28. The minimum Gasteiger partial charge on any atom is -0.504 e. The van der Waals surface area contributed by atoms with Crippen LogP contribution in [0.25, 0.3) is 5.69 Å². The molecule has 2 aromatic rings. The van der Waals surface area contributed by atoms with E-state index in [-0.39, 0.29) is 31.1 Å². The Morgan fingerprint density at radius 2 is 2.04 bits per heavy atom. The Morgan fingerprint density at radius 1 is 1.38 bits per heavy atom. The van der Waals surface area contributed by atoms with Gasteiger partial charge in [0.25, 0.3) is 5.91 Å². The van der Waals surface area contributed by atoms with E-state index in [9.17, 15) is 9.90 Å². The highest BCUT2D eigenvalue weighted by atomic mass is 16.3. The molecule has 0 aliphatic carbocycles. The van der Waals surface area contributed by atoms with Crippen LogP contribution in [0.5, 0.6) is 5.75 Å². The van der Waals surface area contributed by atoms with Gasteiger partial charge in [0.1, 0.15) is 0 Å². The number of aliphatic hydroxyl groups is 1. The Morgan fingerprint density at radius 3 is 2.58 bits per heavy atom. The lowest BCUT2D eigenvalue weighted by Gasteiger charge is -2.18. The summed E-state index contributed by atoms with van der Waals surface area (Å²) in [5.41, 5.74) is 1.91. The van der Waals surface area contributed by atoms with Crippen LogP contribution in [0.15, 0.2) is 43.1 Å². The molecule has 24 heavy (non-hydrogen) atoms. The van der Waals surface area contributed by atoms with Crippen molar-refractivity contribution in [1.29, 1.82) is 0 Å².